The molecule has 1 aliphatic rings. The number of amides is 1. The van der Waals surface area contributed by atoms with E-state index in [1.807, 2.05) is 38.1 Å². The topological polar surface area (TPSA) is 50.4 Å². The van der Waals surface area contributed by atoms with Gasteiger partial charge in [-0.1, -0.05) is 29.8 Å². The van der Waals surface area contributed by atoms with Crippen LogP contribution in [0.15, 0.2) is 36.4 Å². The van der Waals surface area contributed by atoms with Gasteiger partial charge >= 0.3 is 0 Å². The van der Waals surface area contributed by atoms with Gasteiger partial charge in [0.25, 0.3) is 5.91 Å². The molecule has 1 heterocycles. The van der Waals surface area contributed by atoms with Gasteiger partial charge in [-0.25, -0.2) is 0 Å². The number of hydrogen-bond donors (Lipinski definition) is 2. The fourth-order valence-electron chi connectivity index (χ4n) is 2.84. The molecule has 2 aromatic carbocycles. The highest BCUT2D eigenvalue weighted by atomic mass is 16.5. The number of ether oxygens (including phenoxy) is 1. The molecule has 0 aromatic heterocycles. The molecule has 0 spiro atoms. The van der Waals surface area contributed by atoms with Crippen LogP contribution in [0.3, 0.4) is 0 Å². The number of aryl methyl sites for hydroxylation is 3. The van der Waals surface area contributed by atoms with E-state index < -0.39 is 6.10 Å². The first-order valence-corrected chi connectivity index (χ1v) is 7.43. The van der Waals surface area contributed by atoms with Crippen LogP contribution in [0.25, 0.3) is 0 Å². The van der Waals surface area contributed by atoms with Gasteiger partial charge in [0.1, 0.15) is 5.75 Å². The van der Waals surface area contributed by atoms with Crippen LogP contribution >= 0.6 is 0 Å². The highest BCUT2D eigenvalue weighted by molar-refractivity contribution is 5.96. The summed E-state index contributed by atoms with van der Waals surface area (Å²) in [5.74, 6) is 0.586. The molecule has 4 nitrogen and oxygen atoms in total. The van der Waals surface area contributed by atoms with Crippen molar-refractivity contribution < 1.29 is 9.53 Å². The fraction of sp³-hybridized carbons (Fsp3) is 0.278. The Hall–Kier alpha value is -2.49. The van der Waals surface area contributed by atoms with E-state index in [1.54, 1.807) is 0 Å². The molecule has 0 saturated carbocycles. The lowest BCUT2D eigenvalue weighted by Gasteiger charge is -2.27. The molecule has 2 N–H and O–H groups in total. The molecule has 0 fully saturated rings. The van der Waals surface area contributed by atoms with Gasteiger partial charge in [-0.05, 0) is 44.0 Å². The lowest BCUT2D eigenvalue weighted by atomic mass is 10.0. The summed E-state index contributed by atoms with van der Waals surface area (Å²) >= 11 is 0. The number of carbonyl (C=O) groups excluding carboxylic acids is 1. The lowest BCUT2D eigenvalue weighted by Crippen LogP contribution is -2.41. The van der Waals surface area contributed by atoms with Gasteiger partial charge in [-0.2, -0.15) is 0 Å². The van der Waals surface area contributed by atoms with Crippen LogP contribution in [0.2, 0.25) is 0 Å². The number of hydrogen-bond acceptors (Lipinski definition) is 3. The van der Waals surface area contributed by atoms with Gasteiger partial charge in [-0.3, -0.25) is 4.79 Å². The maximum absolute atomic E-state index is 12.5. The monoisotopic (exact) mass is 296 g/mol. The Morgan fingerprint density at radius 3 is 2.59 bits per heavy atom. The number of carbonyl (C=O) groups is 1. The van der Waals surface area contributed by atoms with Crippen LogP contribution in [0.4, 0.5) is 11.4 Å². The molecule has 1 aliphatic heterocycles. The predicted molar refractivity (Wildman–Crippen MR) is 88.6 cm³/mol. The standard InChI is InChI=1S/C18H20N2O2/c1-11-8-12(2)17(13(3)9-11)20-18(21)16-10-19-14-6-4-5-7-15(14)22-16/h4-9,16,19H,10H2,1-3H3,(H,20,21). The van der Waals surface area contributed by atoms with Crippen molar-refractivity contribution in [1.29, 1.82) is 0 Å². The van der Waals surface area contributed by atoms with Gasteiger partial charge in [0.15, 0.2) is 6.10 Å². The first-order chi connectivity index (χ1) is 10.5. The first-order valence-electron chi connectivity index (χ1n) is 7.43. The maximum Gasteiger partial charge on any atom is 0.267 e. The molecular weight excluding hydrogens is 276 g/mol. The highest BCUT2D eigenvalue weighted by Crippen LogP contribution is 2.29. The lowest BCUT2D eigenvalue weighted by molar-refractivity contribution is -0.122. The minimum atomic E-state index is -0.532. The third-order valence-corrected chi connectivity index (χ3v) is 3.85. The van der Waals surface area contributed by atoms with Gasteiger partial charge < -0.3 is 15.4 Å². The Labute approximate surface area is 130 Å². The fourth-order valence-corrected chi connectivity index (χ4v) is 2.84. The van der Waals surface area contributed by atoms with Crippen LogP contribution < -0.4 is 15.4 Å². The normalized spacial score (nSPS) is 16.2. The molecule has 2 aromatic rings. The van der Waals surface area contributed by atoms with E-state index in [-0.39, 0.29) is 5.91 Å². The van der Waals surface area contributed by atoms with E-state index in [0.29, 0.717) is 12.3 Å². The predicted octanol–water partition coefficient (Wildman–Crippen LogP) is 3.42. The van der Waals surface area contributed by atoms with Gasteiger partial charge in [0.2, 0.25) is 0 Å². The quantitative estimate of drug-likeness (QED) is 0.892. The summed E-state index contributed by atoms with van der Waals surface area (Å²) < 4.78 is 5.79. The maximum atomic E-state index is 12.5. The zero-order chi connectivity index (χ0) is 15.7. The summed E-state index contributed by atoms with van der Waals surface area (Å²) in [6, 6.07) is 11.8. The molecule has 4 heteroatoms. The molecular formula is C18H20N2O2. The van der Waals surface area contributed by atoms with Crippen molar-refractivity contribution in [3.63, 3.8) is 0 Å². The zero-order valence-corrected chi connectivity index (χ0v) is 13.1. The highest BCUT2D eigenvalue weighted by Gasteiger charge is 2.26. The van der Waals surface area contributed by atoms with E-state index >= 15 is 0 Å². The second kappa shape index (κ2) is 5.72. The van der Waals surface area contributed by atoms with Crippen LogP contribution in [0.1, 0.15) is 16.7 Å². The summed E-state index contributed by atoms with van der Waals surface area (Å²) in [5, 5.41) is 6.23. The van der Waals surface area contributed by atoms with Gasteiger partial charge in [-0.15, -0.1) is 0 Å². The molecule has 1 atom stereocenters. The average molecular weight is 296 g/mol. The molecule has 114 valence electrons. The zero-order valence-electron chi connectivity index (χ0n) is 13.1. The Bertz CT molecular complexity index is 702. The molecule has 1 amide bonds. The average Bonchev–Trinajstić information content (AvgIpc) is 2.50. The number of fused-ring (bicyclic) bond motifs is 1. The summed E-state index contributed by atoms with van der Waals surface area (Å²) in [6.07, 6.45) is -0.532. The minimum Gasteiger partial charge on any atom is -0.477 e. The molecule has 3 rings (SSSR count). The summed E-state index contributed by atoms with van der Waals surface area (Å²) in [5.41, 5.74) is 5.12. The number of para-hydroxylation sites is 2. The van der Waals surface area contributed by atoms with Crippen molar-refractivity contribution in [3.05, 3.63) is 53.1 Å². The van der Waals surface area contributed by atoms with E-state index in [4.69, 9.17) is 4.74 Å². The number of benzene rings is 2. The second-order valence-electron chi connectivity index (χ2n) is 5.75. The Morgan fingerprint density at radius 1 is 1.18 bits per heavy atom. The second-order valence-corrected chi connectivity index (χ2v) is 5.75. The van der Waals surface area contributed by atoms with Crippen molar-refractivity contribution in [2.75, 3.05) is 17.2 Å². The Kier molecular flexibility index (Phi) is 3.75. The van der Waals surface area contributed by atoms with Gasteiger partial charge in [0, 0.05) is 5.69 Å². The van der Waals surface area contributed by atoms with Crippen LogP contribution in [0, 0.1) is 20.8 Å². The molecule has 0 bridgehead atoms. The third-order valence-electron chi connectivity index (χ3n) is 3.85. The molecule has 1 unspecified atom stereocenters. The Balaban J connectivity index is 1.77. The van der Waals surface area contributed by atoms with Crippen molar-refractivity contribution >= 4 is 17.3 Å². The van der Waals surface area contributed by atoms with Crippen molar-refractivity contribution in [2.24, 2.45) is 0 Å². The molecule has 0 saturated heterocycles. The number of rotatable bonds is 2. The number of anilines is 2. The van der Waals surface area contributed by atoms with Crippen molar-refractivity contribution in [2.45, 2.75) is 26.9 Å². The van der Waals surface area contributed by atoms with E-state index in [1.165, 1.54) is 5.56 Å². The molecule has 0 radical (unpaired) electrons. The van der Waals surface area contributed by atoms with Crippen molar-refractivity contribution in [3.8, 4) is 5.75 Å². The third kappa shape index (κ3) is 2.77. The minimum absolute atomic E-state index is 0.128. The van der Waals surface area contributed by atoms with E-state index in [2.05, 4.69) is 29.7 Å². The van der Waals surface area contributed by atoms with E-state index in [0.717, 1.165) is 22.5 Å². The van der Waals surface area contributed by atoms with Crippen LogP contribution in [0.5, 0.6) is 5.75 Å². The smallest absolute Gasteiger partial charge is 0.267 e. The Morgan fingerprint density at radius 2 is 1.86 bits per heavy atom. The molecule has 22 heavy (non-hydrogen) atoms. The summed E-state index contributed by atoms with van der Waals surface area (Å²) in [7, 11) is 0. The van der Waals surface area contributed by atoms with Crippen molar-refractivity contribution in [1.82, 2.24) is 0 Å². The largest absolute Gasteiger partial charge is 0.477 e. The SMILES string of the molecule is Cc1cc(C)c(NC(=O)C2CNc3ccccc3O2)c(C)c1. The van der Waals surface area contributed by atoms with Crippen LogP contribution in [-0.4, -0.2) is 18.6 Å². The molecule has 0 aliphatic carbocycles. The van der Waals surface area contributed by atoms with E-state index in [9.17, 15) is 4.79 Å². The van der Waals surface area contributed by atoms with Crippen LogP contribution in [-0.2, 0) is 4.79 Å². The summed E-state index contributed by atoms with van der Waals surface area (Å²) in [6.45, 7) is 6.53. The van der Waals surface area contributed by atoms with Gasteiger partial charge in [0.05, 0.1) is 12.2 Å². The first kappa shape index (κ1) is 14.4. The summed E-state index contributed by atoms with van der Waals surface area (Å²) in [4.78, 5) is 12.5. The number of nitrogens with one attached hydrogen (secondary N) is 2.